The van der Waals surface area contributed by atoms with Gasteiger partial charge in [0, 0.05) is 12.7 Å². The van der Waals surface area contributed by atoms with E-state index in [4.69, 9.17) is 5.11 Å². The summed E-state index contributed by atoms with van der Waals surface area (Å²) >= 11 is 0. The molecule has 1 aromatic heterocycles. The third-order valence-corrected chi connectivity index (χ3v) is 1.84. The summed E-state index contributed by atoms with van der Waals surface area (Å²) in [6, 6.07) is 1.50. The number of hydrogen-bond acceptors (Lipinski definition) is 3. The molecule has 0 saturated heterocycles. The molecule has 1 heterocycles. The van der Waals surface area contributed by atoms with Gasteiger partial charge in [-0.15, -0.1) is 0 Å². The zero-order valence-electron chi connectivity index (χ0n) is 9.30. The number of nitrogens with zero attached hydrogens (tertiary/aromatic N) is 2. The smallest absolute Gasteiger partial charge is 0.325 e. The minimum atomic E-state index is -0.989. The van der Waals surface area contributed by atoms with E-state index in [0.29, 0.717) is 12.5 Å². The van der Waals surface area contributed by atoms with E-state index in [1.165, 1.54) is 16.9 Å². The summed E-state index contributed by atoms with van der Waals surface area (Å²) in [6.45, 7) is 4.31. The minimum absolute atomic E-state index is 0.238. The number of carboxylic acids is 1. The molecule has 0 atom stereocenters. The first kappa shape index (κ1) is 12.2. The van der Waals surface area contributed by atoms with E-state index in [0.717, 1.165) is 0 Å². The summed E-state index contributed by atoms with van der Waals surface area (Å²) in [7, 11) is 0. The Hall–Kier alpha value is -1.85. The van der Waals surface area contributed by atoms with E-state index in [2.05, 4.69) is 10.4 Å². The van der Waals surface area contributed by atoms with Crippen LogP contribution in [0.5, 0.6) is 0 Å². The van der Waals surface area contributed by atoms with Gasteiger partial charge < -0.3 is 10.4 Å². The average molecular weight is 225 g/mol. The average Bonchev–Trinajstić information content (AvgIpc) is 2.61. The molecule has 0 bridgehead atoms. The fourth-order valence-corrected chi connectivity index (χ4v) is 1.10. The Morgan fingerprint density at radius 3 is 2.81 bits per heavy atom. The molecule has 6 nitrogen and oxygen atoms in total. The van der Waals surface area contributed by atoms with Crippen LogP contribution in [0.3, 0.4) is 0 Å². The van der Waals surface area contributed by atoms with Crippen LogP contribution >= 0.6 is 0 Å². The predicted molar refractivity (Wildman–Crippen MR) is 57.0 cm³/mol. The Morgan fingerprint density at radius 2 is 2.25 bits per heavy atom. The molecule has 0 aliphatic carbocycles. The van der Waals surface area contributed by atoms with Crippen LogP contribution in [-0.4, -0.2) is 33.3 Å². The normalized spacial score (nSPS) is 10.4. The van der Waals surface area contributed by atoms with Gasteiger partial charge in [-0.3, -0.25) is 14.3 Å². The Morgan fingerprint density at radius 1 is 1.56 bits per heavy atom. The van der Waals surface area contributed by atoms with Crippen molar-refractivity contribution >= 4 is 11.9 Å². The first-order chi connectivity index (χ1) is 7.49. The second-order valence-electron chi connectivity index (χ2n) is 3.90. The third kappa shape index (κ3) is 3.72. The summed E-state index contributed by atoms with van der Waals surface area (Å²) in [4.78, 5) is 21.9. The van der Waals surface area contributed by atoms with Crippen LogP contribution in [0.25, 0.3) is 0 Å². The lowest BCUT2D eigenvalue weighted by atomic mass is 10.2. The molecule has 16 heavy (non-hydrogen) atoms. The lowest BCUT2D eigenvalue weighted by Crippen LogP contribution is -2.27. The maximum atomic E-state index is 11.5. The molecular weight excluding hydrogens is 210 g/mol. The summed E-state index contributed by atoms with van der Waals surface area (Å²) in [6.07, 6.45) is 1.47. The number of carbonyl (C=O) groups is 2. The van der Waals surface area contributed by atoms with Gasteiger partial charge in [0.2, 0.25) is 0 Å². The molecule has 0 unspecified atom stereocenters. The summed E-state index contributed by atoms with van der Waals surface area (Å²) in [5, 5.41) is 15.1. The molecule has 0 aliphatic rings. The van der Waals surface area contributed by atoms with Gasteiger partial charge in [0.15, 0.2) is 0 Å². The van der Waals surface area contributed by atoms with E-state index in [1.807, 2.05) is 13.8 Å². The van der Waals surface area contributed by atoms with Crippen molar-refractivity contribution in [3.8, 4) is 0 Å². The van der Waals surface area contributed by atoms with Crippen molar-refractivity contribution in [1.29, 1.82) is 0 Å². The Kier molecular flexibility index (Phi) is 4.04. The van der Waals surface area contributed by atoms with Crippen LogP contribution < -0.4 is 5.32 Å². The molecule has 0 spiro atoms. The molecule has 1 rings (SSSR count). The number of hydrogen-bond donors (Lipinski definition) is 2. The van der Waals surface area contributed by atoms with Crippen LogP contribution in [0, 0.1) is 5.92 Å². The third-order valence-electron chi connectivity index (χ3n) is 1.84. The van der Waals surface area contributed by atoms with Gasteiger partial charge in [0.1, 0.15) is 12.2 Å². The lowest BCUT2D eigenvalue weighted by Gasteiger charge is -2.05. The number of aromatic nitrogens is 2. The molecule has 0 aromatic carbocycles. The molecule has 88 valence electrons. The van der Waals surface area contributed by atoms with Crippen LogP contribution in [0.1, 0.15) is 24.3 Å². The highest BCUT2D eigenvalue weighted by atomic mass is 16.4. The second kappa shape index (κ2) is 5.29. The quantitative estimate of drug-likeness (QED) is 0.757. The van der Waals surface area contributed by atoms with Crippen molar-refractivity contribution < 1.29 is 14.7 Å². The fourth-order valence-electron chi connectivity index (χ4n) is 1.10. The van der Waals surface area contributed by atoms with Crippen LogP contribution in [0.15, 0.2) is 12.3 Å². The van der Waals surface area contributed by atoms with E-state index in [-0.39, 0.29) is 18.1 Å². The predicted octanol–water partition coefficient (Wildman–Crippen LogP) is 0.354. The summed E-state index contributed by atoms with van der Waals surface area (Å²) in [5.41, 5.74) is 0.238. The molecule has 1 amide bonds. The van der Waals surface area contributed by atoms with E-state index >= 15 is 0 Å². The first-order valence-electron chi connectivity index (χ1n) is 5.02. The van der Waals surface area contributed by atoms with Crippen molar-refractivity contribution in [1.82, 2.24) is 15.1 Å². The van der Waals surface area contributed by atoms with Gasteiger partial charge in [0.05, 0.1) is 0 Å². The fraction of sp³-hybridized carbons (Fsp3) is 0.500. The van der Waals surface area contributed by atoms with Crippen LogP contribution in [0.4, 0.5) is 0 Å². The lowest BCUT2D eigenvalue weighted by molar-refractivity contribution is -0.137. The van der Waals surface area contributed by atoms with Crippen molar-refractivity contribution in [2.75, 3.05) is 6.54 Å². The van der Waals surface area contributed by atoms with Gasteiger partial charge in [0.25, 0.3) is 5.91 Å². The standard InChI is InChI=1S/C10H15N3O3/c1-7(2)5-11-10(16)8-3-4-13(12-8)6-9(14)15/h3-4,7H,5-6H2,1-2H3,(H,11,16)(H,14,15). The van der Waals surface area contributed by atoms with E-state index in [1.54, 1.807) is 0 Å². The van der Waals surface area contributed by atoms with Gasteiger partial charge in [-0.2, -0.15) is 5.10 Å². The van der Waals surface area contributed by atoms with Crippen molar-refractivity contribution in [3.05, 3.63) is 18.0 Å². The van der Waals surface area contributed by atoms with Crippen LogP contribution in [-0.2, 0) is 11.3 Å². The molecule has 6 heteroatoms. The zero-order chi connectivity index (χ0) is 12.1. The number of nitrogens with one attached hydrogen (secondary N) is 1. The molecule has 2 N–H and O–H groups in total. The number of carbonyl (C=O) groups excluding carboxylic acids is 1. The van der Waals surface area contributed by atoms with Crippen molar-refractivity contribution in [3.63, 3.8) is 0 Å². The Balaban J connectivity index is 2.56. The van der Waals surface area contributed by atoms with Gasteiger partial charge in [-0.25, -0.2) is 0 Å². The maximum Gasteiger partial charge on any atom is 0.325 e. The molecule has 0 saturated carbocycles. The first-order valence-corrected chi connectivity index (χ1v) is 5.02. The Labute approximate surface area is 93.3 Å². The SMILES string of the molecule is CC(C)CNC(=O)c1ccn(CC(=O)O)n1. The molecule has 0 radical (unpaired) electrons. The molecule has 0 fully saturated rings. The highest BCUT2D eigenvalue weighted by molar-refractivity contribution is 5.92. The van der Waals surface area contributed by atoms with Gasteiger partial charge >= 0.3 is 5.97 Å². The number of aliphatic carboxylic acids is 1. The number of rotatable bonds is 5. The van der Waals surface area contributed by atoms with Gasteiger partial charge in [-0.1, -0.05) is 13.8 Å². The maximum absolute atomic E-state index is 11.5. The van der Waals surface area contributed by atoms with Crippen molar-refractivity contribution in [2.45, 2.75) is 20.4 Å². The molecule has 0 aliphatic heterocycles. The van der Waals surface area contributed by atoms with E-state index < -0.39 is 5.97 Å². The summed E-state index contributed by atoms with van der Waals surface area (Å²) in [5.74, 6) is -0.903. The van der Waals surface area contributed by atoms with Crippen molar-refractivity contribution in [2.24, 2.45) is 5.92 Å². The molecular formula is C10H15N3O3. The number of carboxylic acid groups (broad SMARTS) is 1. The summed E-state index contributed by atoms with van der Waals surface area (Å²) < 4.78 is 1.21. The minimum Gasteiger partial charge on any atom is -0.480 e. The largest absolute Gasteiger partial charge is 0.480 e. The number of amides is 1. The highest BCUT2D eigenvalue weighted by Crippen LogP contribution is 1.97. The topological polar surface area (TPSA) is 84.2 Å². The highest BCUT2D eigenvalue weighted by Gasteiger charge is 2.10. The molecule has 1 aromatic rings. The van der Waals surface area contributed by atoms with Gasteiger partial charge in [-0.05, 0) is 12.0 Å². The van der Waals surface area contributed by atoms with E-state index in [9.17, 15) is 9.59 Å². The second-order valence-corrected chi connectivity index (χ2v) is 3.90. The monoisotopic (exact) mass is 225 g/mol. The zero-order valence-corrected chi connectivity index (χ0v) is 9.30. The Bertz CT molecular complexity index is 384. The van der Waals surface area contributed by atoms with Crippen LogP contribution in [0.2, 0.25) is 0 Å².